The number of nitrogens with two attached hydrogens (primary N) is 1. The topological polar surface area (TPSA) is 55.6 Å². The minimum atomic E-state index is -0.417. The third-order valence-electron chi connectivity index (χ3n) is 3.58. The molecule has 4 nitrogen and oxygen atoms in total. The summed E-state index contributed by atoms with van der Waals surface area (Å²) < 4.78 is 5.50. The minimum Gasteiger partial charge on any atom is -0.377 e. The fourth-order valence-corrected chi connectivity index (χ4v) is 2.71. The molecule has 2 aliphatic rings. The van der Waals surface area contributed by atoms with Gasteiger partial charge in [0.05, 0.1) is 25.3 Å². The van der Waals surface area contributed by atoms with E-state index in [-0.39, 0.29) is 11.9 Å². The summed E-state index contributed by atoms with van der Waals surface area (Å²) in [5, 5.41) is 0. The molecule has 2 aliphatic heterocycles. The highest BCUT2D eigenvalue weighted by molar-refractivity contribution is 5.83. The van der Waals surface area contributed by atoms with Crippen LogP contribution >= 0.6 is 0 Å². The van der Waals surface area contributed by atoms with Gasteiger partial charge >= 0.3 is 0 Å². The summed E-state index contributed by atoms with van der Waals surface area (Å²) in [6.45, 7) is 1.83. The second kappa shape index (κ2) is 4.13. The van der Waals surface area contributed by atoms with Crippen LogP contribution in [0, 0.1) is 0 Å². The lowest BCUT2D eigenvalue weighted by molar-refractivity contribution is -0.140. The van der Waals surface area contributed by atoms with Crippen molar-refractivity contribution in [3.8, 4) is 0 Å². The van der Waals surface area contributed by atoms with Gasteiger partial charge in [0, 0.05) is 6.54 Å². The first-order valence-electron chi connectivity index (χ1n) is 5.99. The fraction of sp³-hybridized carbons (Fsp3) is 0.462. The van der Waals surface area contributed by atoms with Gasteiger partial charge in [-0.05, 0) is 17.5 Å². The fourth-order valence-electron chi connectivity index (χ4n) is 2.71. The molecule has 0 aromatic heterocycles. The van der Waals surface area contributed by atoms with Crippen molar-refractivity contribution in [2.24, 2.45) is 5.73 Å². The van der Waals surface area contributed by atoms with Crippen molar-refractivity contribution in [2.45, 2.75) is 18.5 Å². The molecule has 17 heavy (non-hydrogen) atoms. The zero-order valence-corrected chi connectivity index (χ0v) is 9.63. The first-order valence-corrected chi connectivity index (χ1v) is 5.99. The van der Waals surface area contributed by atoms with E-state index in [2.05, 4.69) is 12.1 Å². The van der Waals surface area contributed by atoms with Crippen molar-refractivity contribution < 1.29 is 9.53 Å². The van der Waals surface area contributed by atoms with Gasteiger partial charge in [-0.15, -0.1) is 0 Å². The van der Waals surface area contributed by atoms with Crippen molar-refractivity contribution in [3.63, 3.8) is 0 Å². The SMILES string of the molecule is N[C@@H]1Cc2ccccc2[C@@H]2COCCN2C1=O. The number of rotatable bonds is 0. The van der Waals surface area contributed by atoms with Crippen LogP contribution in [0.3, 0.4) is 0 Å². The van der Waals surface area contributed by atoms with Crippen LogP contribution in [0.5, 0.6) is 0 Å². The molecule has 1 saturated heterocycles. The number of nitrogens with zero attached hydrogens (tertiary/aromatic N) is 1. The van der Waals surface area contributed by atoms with Crippen molar-refractivity contribution in [1.82, 2.24) is 4.90 Å². The monoisotopic (exact) mass is 232 g/mol. The average Bonchev–Trinajstić information content (AvgIpc) is 2.48. The summed E-state index contributed by atoms with van der Waals surface area (Å²) in [5.41, 5.74) is 8.33. The van der Waals surface area contributed by atoms with Crippen molar-refractivity contribution in [3.05, 3.63) is 35.4 Å². The minimum absolute atomic E-state index is 0.0426. The molecule has 0 unspecified atom stereocenters. The molecule has 1 amide bonds. The molecule has 0 saturated carbocycles. The lowest BCUT2D eigenvalue weighted by atomic mass is 9.98. The number of benzene rings is 1. The molecule has 2 heterocycles. The van der Waals surface area contributed by atoms with Gasteiger partial charge in [-0.1, -0.05) is 24.3 Å². The molecule has 2 atom stereocenters. The number of amides is 1. The van der Waals surface area contributed by atoms with E-state index in [1.54, 1.807) is 0 Å². The highest BCUT2D eigenvalue weighted by Gasteiger charge is 2.35. The van der Waals surface area contributed by atoms with Gasteiger partial charge < -0.3 is 15.4 Å². The van der Waals surface area contributed by atoms with Crippen LogP contribution in [0.4, 0.5) is 0 Å². The molecule has 3 rings (SSSR count). The zero-order valence-electron chi connectivity index (χ0n) is 9.63. The molecular formula is C13H16N2O2. The predicted octanol–water partition coefficient (Wildman–Crippen LogP) is 0.470. The number of carbonyl (C=O) groups is 1. The largest absolute Gasteiger partial charge is 0.377 e. The molecule has 0 bridgehead atoms. The van der Waals surface area contributed by atoms with E-state index in [4.69, 9.17) is 10.5 Å². The van der Waals surface area contributed by atoms with Gasteiger partial charge in [-0.2, -0.15) is 0 Å². The maximum absolute atomic E-state index is 12.2. The van der Waals surface area contributed by atoms with Crippen LogP contribution in [0.1, 0.15) is 17.2 Å². The second-order valence-electron chi connectivity index (χ2n) is 4.63. The first-order chi connectivity index (χ1) is 8.27. The number of carbonyl (C=O) groups excluding carboxylic acids is 1. The Morgan fingerprint density at radius 3 is 3.06 bits per heavy atom. The van der Waals surface area contributed by atoms with E-state index in [9.17, 15) is 4.79 Å². The van der Waals surface area contributed by atoms with Crippen LogP contribution in [-0.4, -0.2) is 36.6 Å². The summed E-state index contributed by atoms with van der Waals surface area (Å²) in [6.07, 6.45) is 0.627. The van der Waals surface area contributed by atoms with Crippen LogP contribution in [0.15, 0.2) is 24.3 Å². The zero-order chi connectivity index (χ0) is 11.8. The molecule has 0 aliphatic carbocycles. The van der Waals surface area contributed by atoms with Crippen LogP contribution in [0.25, 0.3) is 0 Å². The maximum Gasteiger partial charge on any atom is 0.240 e. The average molecular weight is 232 g/mol. The van der Waals surface area contributed by atoms with Gasteiger partial charge in [0.25, 0.3) is 0 Å². The number of morpholine rings is 1. The Balaban J connectivity index is 2.07. The number of hydrogen-bond donors (Lipinski definition) is 1. The van der Waals surface area contributed by atoms with E-state index in [0.717, 1.165) is 0 Å². The van der Waals surface area contributed by atoms with Crippen LogP contribution in [0.2, 0.25) is 0 Å². The predicted molar refractivity (Wildman–Crippen MR) is 63.4 cm³/mol. The van der Waals surface area contributed by atoms with Crippen LogP contribution in [-0.2, 0) is 16.0 Å². The Labute approximate surface area is 100 Å². The van der Waals surface area contributed by atoms with Gasteiger partial charge in [0.2, 0.25) is 5.91 Å². The molecular weight excluding hydrogens is 216 g/mol. The second-order valence-corrected chi connectivity index (χ2v) is 4.63. The quantitative estimate of drug-likeness (QED) is 0.707. The Hall–Kier alpha value is -1.39. The molecule has 1 fully saturated rings. The number of hydrogen-bond acceptors (Lipinski definition) is 3. The Morgan fingerprint density at radius 1 is 1.35 bits per heavy atom. The standard InChI is InChI=1S/C13H16N2O2/c14-11-7-9-3-1-2-4-10(9)12-8-17-6-5-15(12)13(11)16/h1-4,11-12H,5-8,14H2/t11-,12+/m1/s1. The van der Waals surface area contributed by atoms with E-state index in [1.165, 1.54) is 11.1 Å². The molecule has 0 radical (unpaired) electrons. The van der Waals surface area contributed by atoms with Crippen molar-refractivity contribution in [2.75, 3.05) is 19.8 Å². The van der Waals surface area contributed by atoms with E-state index in [0.29, 0.717) is 26.2 Å². The highest BCUT2D eigenvalue weighted by Crippen LogP contribution is 2.31. The van der Waals surface area contributed by atoms with Crippen molar-refractivity contribution in [1.29, 1.82) is 0 Å². The van der Waals surface area contributed by atoms with E-state index >= 15 is 0 Å². The number of ether oxygens (including phenoxy) is 1. The Kier molecular flexibility index (Phi) is 2.61. The Bertz CT molecular complexity index is 447. The summed E-state index contributed by atoms with van der Waals surface area (Å²) in [6, 6.07) is 7.76. The summed E-state index contributed by atoms with van der Waals surface area (Å²) in [4.78, 5) is 14.1. The molecule has 90 valence electrons. The maximum atomic E-state index is 12.2. The highest BCUT2D eigenvalue weighted by atomic mass is 16.5. The molecule has 0 spiro atoms. The third kappa shape index (κ3) is 1.73. The molecule has 4 heteroatoms. The van der Waals surface area contributed by atoms with Gasteiger partial charge in [0.1, 0.15) is 0 Å². The van der Waals surface area contributed by atoms with Crippen molar-refractivity contribution >= 4 is 5.91 Å². The summed E-state index contributed by atoms with van der Waals surface area (Å²) in [5.74, 6) is 0.0505. The van der Waals surface area contributed by atoms with Gasteiger partial charge in [0.15, 0.2) is 0 Å². The smallest absolute Gasteiger partial charge is 0.240 e. The normalized spacial score (nSPS) is 28.3. The summed E-state index contributed by atoms with van der Waals surface area (Å²) >= 11 is 0. The van der Waals surface area contributed by atoms with Crippen LogP contribution < -0.4 is 5.73 Å². The number of fused-ring (bicyclic) bond motifs is 3. The van der Waals surface area contributed by atoms with Gasteiger partial charge in [-0.3, -0.25) is 4.79 Å². The van der Waals surface area contributed by atoms with E-state index < -0.39 is 6.04 Å². The summed E-state index contributed by atoms with van der Waals surface area (Å²) in [7, 11) is 0. The van der Waals surface area contributed by atoms with E-state index in [1.807, 2.05) is 17.0 Å². The molecule has 1 aromatic carbocycles. The van der Waals surface area contributed by atoms with Gasteiger partial charge in [-0.25, -0.2) is 0 Å². The Morgan fingerprint density at radius 2 is 2.18 bits per heavy atom. The lowest BCUT2D eigenvalue weighted by Crippen LogP contribution is -2.49. The molecule has 1 aromatic rings. The molecule has 2 N–H and O–H groups in total. The first kappa shape index (κ1) is 10.7. The lowest BCUT2D eigenvalue weighted by Gasteiger charge is -2.35. The third-order valence-corrected chi connectivity index (χ3v) is 3.58.